The fourth-order valence-electron chi connectivity index (χ4n) is 3.35. The minimum Gasteiger partial charge on any atom is -0.496 e. The molecule has 1 aromatic carbocycles. The number of aryl methyl sites for hydroxylation is 1. The topological polar surface area (TPSA) is 12.5 Å². The number of piperidine rings is 1. The molecule has 2 nitrogen and oxygen atoms in total. The molecule has 0 radical (unpaired) electrons. The molecule has 0 atom stereocenters. The number of hydrogen-bond acceptors (Lipinski definition) is 2. The van der Waals surface area contributed by atoms with Crippen LogP contribution in [0.4, 0.5) is 0 Å². The van der Waals surface area contributed by atoms with Crippen LogP contribution in [0.2, 0.25) is 0 Å². The van der Waals surface area contributed by atoms with Crippen LogP contribution in [0.25, 0.3) is 0 Å². The molecule has 2 rings (SSSR count). The van der Waals surface area contributed by atoms with E-state index in [0.717, 1.165) is 11.7 Å². The second kappa shape index (κ2) is 7.84. The lowest BCUT2D eigenvalue weighted by molar-refractivity contribution is 0.187. The van der Waals surface area contributed by atoms with E-state index in [-0.39, 0.29) is 0 Å². The zero-order valence-electron chi connectivity index (χ0n) is 14.2. The molecule has 1 aliphatic rings. The Morgan fingerprint density at radius 1 is 1.24 bits per heavy atom. The van der Waals surface area contributed by atoms with Crippen LogP contribution in [0.5, 0.6) is 5.75 Å². The van der Waals surface area contributed by atoms with Crippen molar-refractivity contribution in [3.05, 3.63) is 29.3 Å². The van der Waals surface area contributed by atoms with Crippen molar-refractivity contribution in [3.63, 3.8) is 0 Å². The van der Waals surface area contributed by atoms with Crippen LogP contribution in [0.1, 0.15) is 57.1 Å². The lowest BCUT2D eigenvalue weighted by atomic mass is 9.90. The zero-order chi connectivity index (χ0) is 15.2. The fraction of sp³-hybridized carbons (Fsp3) is 0.684. The number of hydrogen-bond donors (Lipinski definition) is 0. The van der Waals surface area contributed by atoms with Gasteiger partial charge in [0.05, 0.1) is 7.11 Å². The second-order valence-corrected chi connectivity index (χ2v) is 6.65. The maximum absolute atomic E-state index is 5.56. The largest absolute Gasteiger partial charge is 0.496 e. The first-order valence-electron chi connectivity index (χ1n) is 8.53. The van der Waals surface area contributed by atoms with Crippen molar-refractivity contribution in [2.75, 3.05) is 26.7 Å². The predicted octanol–water partition coefficient (Wildman–Crippen LogP) is 4.48. The molecule has 118 valence electrons. The Labute approximate surface area is 130 Å². The lowest BCUT2D eigenvalue weighted by Gasteiger charge is -2.31. The summed E-state index contributed by atoms with van der Waals surface area (Å²) in [6.45, 7) is 10.5. The average molecular weight is 289 g/mol. The highest BCUT2D eigenvalue weighted by molar-refractivity contribution is 5.39. The average Bonchev–Trinajstić information content (AvgIpc) is 2.52. The minimum atomic E-state index is 0.521. The number of rotatable bonds is 6. The number of likely N-dealkylation sites (tertiary alicyclic amines) is 1. The summed E-state index contributed by atoms with van der Waals surface area (Å²) in [5, 5.41) is 0. The van der Waals surface area contributed by atoms with E-state index in [4.69, 9.17) is 4.74 Å². The summed E-state index contributed by atoms with van der Waals surface area (Å²) >= 11 is 0. The van der Waals surface area contributed by atoms with Crippen LogP contribution in [0.15, 0.2) is 18.2 Å². The van der Waals surface area contributed by atoms with E-state index in [1.807, 2.05) is 0 Å². The fourth-order valence-corrected chi connectivity index (χ4v) is 3.35. The lowest BCUT2D eigenvalue weighted by Crippen LogP contribution is -2.33. The highest BCUT2D eigenvalue weighted by Gasteiger charge is 2.18. The zero-order valence-corrected chi connectivity index (χ0v) is 14.2. The van der Waals surface area contributed by atoms with E-state index in [9.17, 15) is 0 Å². The number of benzene rings is 1. The van der Waals surface area contributed by atoms with Gasteiger partial charge in [0.25, 0.3) is 0 Å². The van der Waals surface area contributed by atoms with Crippen molar-refractivity contribution in [2.45, 2.75) is 52.4 Å². The van der Waals surface area contributed by atoms with Crippen LogP contribution >= 0.6 is 0 Å². The number of methoxy groups -OCH3 is 1. The van der Waals surface area contributed by atoms with Gasteiger partial charge in [-0.1, -0.05) is 32.9 Å². The summed E-state index contributed by atoms with van der Waals surface area (Å²) in [6.07, 6.45) is 5.25. The van der Waals surface area contributed by atoms with Gasteiger partial charge in [-0.25, -0.2) is 0 Å². The van der Waals surface area contributed by atoms with Gasteiger partial charge in [0.1, 0.15) is 5.75 Å². The molecular weight excluding hydrogens is 258 g/mol. The minimum absolute atomic E-state index is 0.521. The molecule has 21 heavy (non-hydrogen) atoms. The number of ether oxygens (including phenoxy) is 1. The summed E-state index contributed by atoms with van der Waals surface area (Å²) in [5.74, 6) is 2.49. The third kappa shape index (κ3) is 4.47. The van der Waals surface area contributed by atoms with Crippen LogP contribution in [0, 0.1) is 5.92 Å². The van der Waals surface area contributed by atoms with E-state index in [1.54, 1.807) is 7.11 Å². The molecule has 0 aromatic heterocycles. The van der Waals surface area contributed by atoms with Crippen molar-refractivity contribution in [3.8, 4) is 5.75 Å². The highest BCUT2D eigenvalue weighted by Crippen LogP contribution is 2.29. The molecule has 0 unspecified atom stereocenters. The van der Waals surface area contributed by atoms with E-state index in [0.29, 0.717) is 5.92 Å². The second-order valence-electron chi connectivity index (χ2n) is 6.65. The van der Waals surface area contributed by atoms with Gasteiger partial charge in [0.15, 0.2) is 0 Å². The molecule has 1 saturated heterocycles. The molecule has 0 spiro atoms. The predicted molar refractivity (Wildman–Crippen MR) is 90.2 cm³/mol. The van der Waals surface area contributed by atoms with Crippen molar-refractivity contribution < 1.29 is 4.74 Å². The Kier molecular flexibility index (Phi) is 6.10. The molecule has 0 aliphatic carbocycles. The molecule has 0 saturated carbocycles. The smallest absolute Gasteiger partial charge is 0.122 e. The first-order chi connectivity index (χ1) is 10.1. The van der Waals surface area contributed by atoms with Crippen molar-refractivity contribution in [1.82, 2.24) is 4.90 Å². The quantitative estimate of drug-likeness (QED) is 0.765. The van der Waals surface area contributed by atoms with Gasteiger partial charge in [-0.15, -0.1) is 0 Å². The van der Waals surface area contributed by atoms with Crippen molar-refractivity contribution in [2.24, 2.45) is 5.92 Å². The molecule has 1 aromatic rings. The Morgan fingerprint density at radius 3 is 2.52 bits per heavy atom. The summed E-state index contributed by atoms with van der Waals surface area (Å²) in [7, 11) is 1.78. The Bertz CT molecular complexity index is 433. The molecule has 0 bridgehead atoms. The molecule has 2 heteroatoms. The van der Waals surface area contributed by atoms with Gasteiger partial charge < -0.3 is 9.64 Å². The summed E-state index contributed by atoms with van der Waals surface area (Å²) in [6, 6.07) is 6.79. The molecular formula is C19H31NO. The SMILES string of the molecule is CCN1CCC(CCc2ccc(C(C)C)c(OC)c2)CC1. The maximum Gasteiger partial charge on any atom is 0.122 e. The molecule has 1 heterocycles. The van der Waals surface area contributed by atoms with E-state index >= 15 is 0 Å². The monoisotopic (exact) mass is 289 g/mol. The van der Waals surface area contributed by atoms with Crippen LogP contribution in [-0.2, 0) is 6.42 Å². The maximum atomic E-state index is 5.56. The standard InChI is InChI=1S/C19H31NO/c1-5-20-12-10-16(11-13-20)6-7-17-8-9-18(15(2)3)19(14-17)21-4/h8-9,14-16H,5-7,10-13H2,1-4H3. The van der Waals surface area contributed by atoms with E-state index in [2.05, 4.69) is 43.9 Å². The number of nitrogens with zero attached hydrogens (tertiary/aromatic N) is 1. The van der Waals surface area contributed by atoms with Crippen LogP contribution in [-0.4, -0.2) is 31.6 Å². The summed E-state index contributed by atoms with van der Waals surface area (Å²) < 4.78 is 5.56. The molecule has 1 fully saturated rings. The van der Waals surface area contributed by atoms with Crippen molar-refractivity contribution in [1.29, 1.82) is 0 Å². The molecule has 0 N–H and O–H groups in total. The van der Waals surface area contributed by atoms with Crippen molar-refractivity contribution >= 4 is 0 Å². The summed E-state index contributed by atoms with van der Waals surface area (Å²) in [5.41, 5.74) is 2.74. The molecule has 1 aliphatic heterocycles. The first kappa shape index (κ1) is 16.4. The van der Waals surface area contributed by atoms with Gasteiger partial charge in [0, 0.05) is 0 Å². The third-order valence-electron chi connectivity index (χ3n) is 4.92. The first-order valence-corrected chi connectivity index (χ1v) is 8.53. The van der Waals surface area contributed by atoms with Gasteiger partial charge in [-0.3, -0.25) is 0 Å². The van der Waals surface area contributed by atoms with Gasteiger partial charge >= 0.3 is 0 Å². The van der Waals surface area contributed by atoms with E-state index < -0.39 is 0 Å². The van der Waals surface area contributed by atoms with Crippen LogP contribution < -0.4 is 4.74 Å². The van der Waals surface area contributed by atoms with Gasteiger partial charge in [-0.2, -0.15) is 0 Å². The van der Waals surface area contributed by atoms with Gasteiger partial charge in [0.2, 0.25) is 0 Å². The third-order valence-corrected chi connectivity index (χ3v) is 4.92. The highest BCUT2D eigenvalue weighted by atomic mass is 16.5. The van der Waals surface area contributed by atoms with E-state index in [1.165, 1.54) is 56.4 Å². The van der Waals surface area contributed by atoms with Gasteiger partial charge in [-0.05, 0) is 74.3 Å². The molecule has 0 amide bonds. The van der Waals surface area contributed by atoms with Crippen LogP contribution in [0.3, 0.4) is 0 Å². The Balaban J connectivity index is 1.89. The Morgan fingerprint density at radius 2 is 1.95 bits per heavy atom. The normalized spacial score (nSPS) is 17.4. The summed E-state index contributed by atoms with van der Waals surface area (Å²) in [4.78, 5) is 2.57. The Hall–Kier alpha value is -1.02.